The van der Waals surface area contributed by atoms with E-state index in [1.54, 1.807) is 13.2 Å². The molecule has 3 rings (SSSR count). The predicted octanol–water partition coefficient (Wildman–Crippen LogP) is 3.65. The Balaban J connectivity index is 0.00000341. The third-order valence-corrected chi connectivity index (χ3v) is 5.16. The molecule has 2 atom stereocenters. The standard InChI is InChI=1S/C19H25ClF3N7.HI/c1-13(11-30-6-3-5-27-30)9-26-18(24-2)28-15-4-7-29(12-15)17-16(20)8-14(10-25-17)19(21,22)23;/h3,5-6,8,10,13,15H,4,7,9,11-12H2,1-2H3,(H2,24,26,28);1H. The highest BCUT2D eigenvalue weighted by Gasteiger charge is 2.33. The molecule has 1 aliphatic rings. The highest BCUT2D eigenvalue weighted by Crippen LogP contribution is 2.34. The second-order valence-corrected chi connectivity index (χ2v) is 7.80. The third-order valence-electron chi connectivity index (χ3n) is 4.88. The molecule has 7 nitrogen and oxygen atoms in total. The lowest BCUT2D eigenvalue weighted by Gasteiger charge is -2.21. The summed E-state index contributed by atoms with van der Waals surface area (Å²) < 4.78 is 40.3. The van der Waals surface area contributed by atoms with Gasteiger partial charge in [-0.1, -0.05) is 18.5 Å². The van der Waals surface area contributed by atoms with E-state index in [1.165, 1.54) is 0 Å². The quantitative estimate of drug-likeness (QED) is 0.315. The fourth-order valence-electron chi connectivity index (χ4n) is 3.34. The van der Waals surface area contributed by atoms with Crippen molar-refractivity contribution in [2.24, 2.45) is 10.9 Å². The minimum atomic E-state index is -4.46. The average molecular weight is 572 g/mol. The first-order valence-electron chi connectivity index (χ1n) is 9.68. The molecule has 31 heavy (non-hydrogen) atoms. The highest BCUT2D eigenvalue weighted by atomic mass is 127. The molecule has 3 heterocycles. The summed E-state index contributed by atoms with van der Waals surface area (Å²) in [6.07, 6.45) is 0.838. The molecule has 1 saturated heterocycles. The van der Waals surface area contributed by atoms with E-state index >= 15 is 0 Å². The lowest BCUT2D eigenvalue weighted by atomic mass is 10.2. The van der Waals surface area contributed by atoms with Crippen LogP contribution in [0.4, 0.5) is 19.0 Å². The van der Waals surface area contributed by atoms with E-state index in [2.05, 4.69) is 32.6 Å². The van der Waals surface area contributed by atoms with Crippen LogP contribution in [-0.4, -0.2) is 53.4 Å². The molecule has 0 aromatic carbocycles. The van der Waals surface area contributed by atoms with Crippen LogP contribution >= 0.6 is 35.6 Å². The maximum atomic E-state index is 12.8. The van der Waals surface area contributed by atoms with E-state index in [0.717, 1.165) is 31.8 Å². The molecular formula is C19H26ClF3IN7. The van der Waals surface area contributed by atoms with Crippen molar-refractivity contribution >= 4 is 47.4 Å². The number of halogens is 5. The highest BCUT2D eigenvalue weighted by molar-refractivity contribution is 14.0. The van der Waals surface area contributed by atoms with Crippen molar-refractivity contribution in [2.45, 2.75) is 32.1 Å². The van der Waals surface area contributed by atoms with Crippen LogP contribution in [0, 0.1) is 5.92 Å². The summed E-state index contributed by atoms with van der Waals surface area (Å²) >= 11 is 6.07. The summed E-state index contributed by atoms with van der Waals surface area (Å²) in [7, 11) is 1.70. The van der Waals surface area contributed by atoms with Gasteiger partial charge in [0.15, 0.2) is 5.96 Å². The number of alkyl halides is 3. The summed E-state index contributed by atoms with van der Waals surface area (Å²) in [5, 5.41) is 10.9. The lowest BCUT2D eigenvalue weighted by Crippen LogP contribution is -2.46. The number of pyridine rings is 1. The maximum Gasteiger partial charge on any atom is 0.417 e. The Bertz CT molecular complexity index is 861. The van der Waals surface area contributed by atoms with E-state index < -0.39 is 11.7 Å². The van der Waals surface area contributed by atoms with Crippen LogP contribution in [0.1, 0.15) is 18.9 Å². The second-order valence-electron chi connectivity index (χ2n) is 7.39. The van der Waals surface area contributed by atoms with Gasteiger partial charge in [0.2, 0.25) is 0 Å². The largest absolute Gasteiger partial charge is 0.417 e. The molecule has 1 aliphatic heterocycles. The van der Waals surface area contributed by atoms with Crippen molar-refractivity contribution in [3.63, 3.8) is 0 Å². The molecule has 0 spiro atoms. The fourth-order valence-corrected chi connectivity index (χ4v) is 3.63. The average Bonchev–Trinajstić information content (AvgIpc) is 3.36. The van der Waals surface area contributed by atoms with Crippen molar-refractivity contribution in [1.82, 2.24) is 25.4 Å². The van der Waals surface area contributed by atoms with Gasteiger partial charge in [-0.2, -0.15) is 18.3 Å². The molecule has 0 bridgehead atoms. The maximum absolute atomic E-state index is 12.8. The zero-order valence-electron chi connectivity index (χ0n) is 17.2. The topological polar surface area (TPSA) is 70.4 Å². The van der Waals surface area contributed by atoms with Gasteiger partial charge >= 0.3 is 6.18 Å². The summed E-state index contributed by atoms with van der Waals surface area (Å²) in [4.78, 5) is 10.1. The Morgan fingerprint density at radius 3 is 2.81 bits per heavy atom. The van der Waals surface area contributed by atoms with E-state index in [1.807, 2.05) is 21.8 Å². The van der Waals surface area contributed by atoms with Gasteiger partial charge in [0.25, 0.3) is 0 Å². The second kappa shape index (κ2) is 11.2. The van der Waals surface area contributed by atoms with Gasteiger partial charge in [0.1, 0.15) is 5.82 Å². The number of guanidine groups is 1. The molecule has 2 unspecified atom stereocenters. The normalized spacial score (nSPS) is 17.9. The lowest BCUT2D eigenvalue weighted by molar-refractivity contribution is -0.137. The minimum absolute atomic E-state index is 0. The molecule has 2 N–H and O–H groups in total. The smallest absolute Gasteiger partial charge is 0.356 e. The predicted molar refractivity (Wildman–Crippen MR) is 126 cm³/mol. The van der Waals surface area contributed by atoms with E-state index in [9.17, 15) is 13.2 Å². The Hall–Kier alpha value is -1.76. The molecule has 2 aromatic rings. The number of anilines is 1. The molecule has 2 aromatic heterocycles. The van der Waals surface area contributed by atoms with Crippen LogP contribution in [0.5, 0.6) is 0 Å². The Kier molecular flexibility index (Phi) is 9.22. The monoisotopic (exact) mass is 571 g/mol. The Morgan fingerprint density at radius 1 is 1.42 bits per heavy atom. The summed E-state index contributed by atoms with van der Waals surface area (Å²) in [6, 6.07) is 2.90. The van der Waals surface area contributed by atoms with Gasteiger partial charge in [0, 0.05) is 57.9 Å². The first-order chi connectivity index (χ1) is 14.3. The fraction of sp³-hybridized carbons (Fsp3) is 0.526. The Morgan fingerprint density at radius 2 is 2.19 bits per heavy atom. The number of aromatic nitrogens is 3. The third kappa shape index (κ3) is 7.13. The first-order valence-corrected chi connectivity index (χ1v) is 10.1. The van der Waals surface area contributed by atoms with Crippen LogP contribution in [-0.2, 0) is 12.7 Å². The van der Waals surface area contributed by atoms with Crippen molar-refractivity contribution in [3.8, 4) is 0 Å². The number of aliphatic imine (C=N–C) groups is 1. The number of nitrogens with zero attached hydrogens (tertiary/aromatic N) is 5. The molecule has 172 valence electrons. The molecule has 0 amide bonds. The summed E-state index contributed by atoms with van der Waals surface area (Å²) in [5.41, 5.74) is -0.848. The number of hydrogen-bond acceptors (Lipinski definition) is 4. The van der Waals surface area contributed by atoms with Gasteiger partial charge in [-0.3, -0.25) is 9.67 Å². The molecule has 0 saturated carbocycles. The van der Waals surface area contributed by atoms with Gasteiger partial charge in [-0.25, -0.2) is 4.98 Å². The van der Waals surface area contributed by atoms with Crippen LogP contribution in [0.2, 0.25) is 5.02 Å². The number of hydrogen-bond donors (Lipinski definition) is 2. The van der Waals surface area contributed by atoms with E-state index in [-0.39, 0.29) is 35.0 Å². The Labute approximate surface area is 201 Å². The minimum Gasteiger partial charge on any atom is -0.356 e. The molecule has 0 aliphatic carbocycles. The van der Waals surface area contributed by atoms with Gasteiger partial charge in [-0.15, -0.1) is 24.0 Å². The van der Waals surface area contributed by atoms with Gasteiger partial charge < -0.3 is 15.5 Å². The number of rotatable bonds is 6. The van der Waals surface area contributed by atoms with Crippen molar-refractivity contribution in [1.29, 1.82) is 0 Å². The molecular weight excluding hydrogens is 546 g/mol. The summed E-state index contributed by atoms with van der Waals surface area (Å²) in [5.74, 6) is 1.39. The van der Waals surface area contributed by atoms with Crippen molar-refractivity contribution in [2.75, 3.05) is 31.6 Å². The van der Waals surface area contributed by atoms with Gasteiger partial charge in [-0.05, 0) is 24.5 Å². The zero-order valence-corrected chi connectivity index (χ0v) is 20.3. The number of nitrogens with one attached hydrogen (secondary N) is 2. The van der Waals surface area contributed by atoms with Crippen molar-refractivity contribution < 1.29 is 13.2 Å². The van der Waals surface area contributed by atoms with E-state index in [4.69, 9.17) is 11.6 Å². The zero-order chi connectivity index (χ0) is 21.7. The van der Waals surface area contributed by atoms with Crippen LogP contribution < -0.4 is 15.5 Å². The van der Waals surface area contributed by atoms with Crippen LogP contribution in [0.25, 0.3) is 0 Å². The SMILES string of the molecule is CN=C(NCC(C)Cn1cccn1)NC1CCN(c2ncc(C(F)(F)F)cc2Cl)C1.I. The van der Waals surface area contributed by atoms with E-state index in [0.29, 0.717) is 30.8 Å². The van der Waals surface area contributed by atoms with Gasteiger partial charge in [0.05, 0.1) is 10.6 Å². The summed E-state index contributed by atoms with van der Waals surface area (Å²) in [6.45, 7) is 4.86. The molecule has 12 heteroatoms. The van der Waals surface area contributed by atoms with Crippen molar-refractivity contribution in [3.05, 3.63) is 41.3 Å². The van der Waals surface area contributed by atoms with Crippen LogP contribution in [0.15, 0.2) is 35.7 Å². The molecule has 1 fully saturated rings. The first kappa shape index (κ1) is 25.5. The van der Waals surface area contributed by atoms with Crippen LogP contribution in [0.3, 0.4) is 0 Å². The molecule has 0 radical (unpaired) electrons.